The van der Waals surface area contributed by atoms with Crippen molar-refractivity contribution < 1.29 is 5.11 Å². The van der Waals surface area contributed by atoms with E-state index in [1.54, 1.807) is 11.8 Å². The lowest BCUT2D eigenvalue weighted by Crippen LogP contribution is -2.10. The summed E-state index contributed by atoms with van der Waals surface area (Å²) in [6.45, 7) is 4.40. The highest BCUT2D eigenvalue weighted by molar-refractivity contribution is 7.99. The number of nitrogens with two attached hydrogens (primary N) is 1. The molecule has 0 bridgehead atoms. The second kappa shape index (κ2) is 6.94. The summed E-state index contributed by atoms with van der Waals surface area (Å²) in [6.07, 6.45) is 0.952. The van der Waals surface area contributed by atoms with Crippen molar-refractivity contribution in [2.24, 2.45) is 11.7 Å². The van der Waals surface area contributed by atoms with Crippen molar-refractivity contribution in [1.82, 2.24) is 0 Å². The number of aliphatic hydroxyl groups is 1. The van der Waals surface area contributed by atoms with Gasteiger partial charge in [-0.25, -0.2) is 0 Å². The van der Waals surface area contributed by atoms with E-state index in [9.17, 15) is 0 Å². The average Bonchev–Trinajstić information content (AvgIpc) is 2.35. The standard InChI is InChI=1S/C13H21NOS/c1-3-12(14)11-6-4-5-7-13(11)16-9-10(2)8-15/h4-7,10,12,15H,3,8-9,14H2,1-2H3. The minimum atomic E-state index is 0.119. The van der Waals surface area contributed by atoms with Gasteiger partial charge in [-0.05, 0) is 24.0 Å². The van der Waals surface area contributed by atoms with Gasteiger partial charge >= 0.3 is 0 Å². The van der Waals surface area contributed by atoms with E-state index in [1.807, 2.05) is 12.1 Å². The molecule has 3 N–H and O–H groups in total. The molecule has 1 aromatic carbocycles. The molecular formula is C13H21NOS. The van der Waals surface area contributed by atoms with E-state index in [-0.39, 0.29) is 12.6 Å². The minimum absolute atomic E-state index is 0.119. The first-order valence-corrected chi connectivity index (χ1v) is 6.75. The van der Waals surface area contributed by atoms with Gasteiger partial charge in [-0.3, -0.25) is 0 Å². The molecule has 3 heteroatoms. The van der Waals surface area contributed by atoms with Crippen LogP contribution in [0.25, 0.3) is 0 Å². The molecule has 0 aliphatic heterocycles. The predicted molar refractivity (Wildman–Crippen MR) is 70.6 cm³/mol. The molecule has 90 valence electrons. The third-order valence-electron chi connectivity index (χ3n) is 2.59. The van der Waals surface area contributed by atoms with Crippen LogP contribution in [0.5, 0.6) is 0 Å². The zero-order valence-electron chi connectivity index (χ0n) is 10.0. The number of rotatable bonds is 6. The number of aliphatic hydroxyl groups excluding tert-OH is 1. The van der Waals surface area contributed by atoms with E-state index in [1.165, 1.54) is 10.5 Å². The highest BCUT2D eigenvalue weighted by Gasteiger charge is 2.10. The fourth-order valence-corrected chi connectivity index (χ4v) is 2.55. The minimum Gasteiger partial charge on any atom is -0.396 e. The van der Waals surface area contributed by atoms with Crippen molar-refractivity contribution in [3.8, 4) is 0 Å². The number of hydrogen-bond donors (Lipinski definition) is 2. The van der Waals surface area contributed by atoms with Crippen molar-refractivity contribution >= 4 is 11.8 Å². The molecule has 0 fully saturated rings. The molecule has 2 nitrogen and oxygen atoms in total. The Balaban J connectivity index is 2.71. The summed E-state index contributed by atoms with van der Waals surface area (Å²) in [7, 11) is 0. The van der Waals surface area contributed by atoms with E-state index in [0.29, 0.717) is 5.92 Å². The number of benzene rings is 1. The van der Waals surface area contributed by atoms with Crippen molar-refractivity contribution in [3.05, 3.63) is 29.8 Å². The molecule has 2 unspecified atom stereocenters. The average molecular weight is 239 g/mol. The van der Waals surface area contributed by atoms with Crippen LogP contribution in [0.2, 0.25) is 0 Å². The first kappa shape index (κ1) is 13.6. The molecule has 1 aromatic rings. The van der Waals surface area contributed by atoms with E-state index < -0.39 is 0 Å². The summed E-state index contributed by atoms with van der Waals surface area (Å²) in [5, 5.41) is 9.00. The smallest absolute Gasteiger partial charge is 0.0464 e. The molecular weight excluding hydrogens is 218 g/mol. The lowest BCUT2D eigenvalue weighted by atomic mass is 10.1. The topological polar surface area (TPSA) is 46.2 Å². The molecule has 0 heterocycles. The highest BCUT2D eigenvalue weighted by atomic mass is 32.2. The van der Waals surface area contributed by atoms with E-state index in [0.717, 1.165) is 12.2 Å². The van der Waals surface area contributed by atoms with Gasteiger partial charge in [0.2, 0.25) is 0 Å². The molecule has 0 aromatic heterocycles. The van der Waals surface area contributed by atoms with Gasteiger partial charge < -0.3 is 10.8 Å². The van der Waals surface area contributed by atoms with E-state index in [2.05, 4.69) is 26.0 Å². The van der Waals surface area contributed by atoms with Crippen LogP contribution in [-0.4, -0.2) is 17.5 Å². The summed E-state index contributed by atoms with van der Waals surface area (Å²) in [5.41, 5.74) is 7.29. The van der Waals surface area contributed by atoms with Crippen LogP contribution >= 0.6 is 11.8 Å². The Morgan fingerprint density at radius 1 is 1.38 bits per heavy atom. The molecule has 16 heavy (non-hydrogen) atoms. The number of thioether (sulfide) groups is 1. The fraction of sp³-hybridized carbons (Fsp3) is 0.538. The maximum absolute atomic E-state index is 9.00. The lowest BCUT2D eigenvalue weighted by Gasteiger charge is -2.15. The highest BCUT2D eigenvalue weighted by Crippen LogP contribution is 2.28. The molecule has 0 amide bonds. The molecule has 2 atom stereocenters. The summed E-state index contributed by atoms with van der Waals surface area (Å²) < 4.78 is 0. The Hall–Kier alpha value is -0.510. The monoisotopic (exact) mass is 239 g/mol. The summed E-state index contributed by atoms with van der Waals surface area (Å²) in [4.78, 5) is 1.25. The first-order valence-electron chi connectivity index (χ1n) is 5.77. The molecule has 0 saturated carbocycles. The summed E-state index contributed by atoms with van der Waals surface area (Å²) in [5.74, 6) is 1.26. The van der Waals surface area contributed by atoms with Crippen LogP contribution in [0.15, 0.2) is 29.2 Å². The summed E-state index contributed by atoms with van der Waals surface area (Å²) >= 11 is 1.78. The Kier molecular flexibility index (Phi) is 5.88. The molecule has 0 saturated heterocycles. The Labute approximate surface area is 102 Å². The van der Waals surface area contributed by atoms with Gasteiger partial charge in [-0.15, -0.1) is 11.8 Å². The third-order valence-corrected chi connectivity index (χ3v) is 4.01. The third kappa shape index (κ3) is 3.81. The van der Waals surface area contributed by atoms with Crippen LogP contribution < -0.4 is 5.73 Å². The second-order valence-electron chi connectivity index (χ2n) is 4.15. The molecule has 1 rings (SSSR count). The molecule has 0 aliphatic rings. The largest absolute Gasteiger partial charge is 0.396 e. The molecule has 0 spiro atoms. The first-order chi connectivity index (χ1) is 7.69. The Morgan fingerprint density at radius 3 is 2.69 bits per heavy atom. The lowest BCUT2D eigenvalue weighted by molar-refractivity contribution is 0.250. The SMILES string of the molecule is CCC(N)c1ccccc1SCC(C)CO. The van der Waals surface area contributed by atoms with Gasteiger partial charge in [0.1, 0.15) is 0 Å². The van der Waals surface area contributed by atoms with Crippen LogP contribution in [0, 0.1) is 5.92 Å². The van der Waals surface area contributed by atoms with Gasteiger partial charge in [0.15, 0.2) is 0 Å². The van der Waals surface area contributed by atoms with Crippen molar-refractivity contribution in [2.45, 2.75) is 31.2 Å². The Bertz CT molecular complexity index is 317. The quantitative estimate of drug-likeness (QED) is 0.750. The van der Waals surface area contributed by atoms with Crippen molar-refractivity contribution in [1.29, 1.82) is 0 Å². The normalized spacial score (nSPS) is 14.8. The van der Waals surface area contributed by atoms with Crippen LogP contribution in [0.3, 0.4) is 0 Å². The van der Waals surface area contributed by atoms with Crippen LogP contribution in [0.1, 0.15) is 31.9 Å². The van der Waals surface area contributed by atoms with E-state index in [4.69, 9.17) is 10.8 Å². The van der Waals surface area contributed by atoms with Gasteiger partial charge in [-0.1, -0.05) is 32.0 Å². The van der Waals surface area contributed by atoms with Gasteiger partial charge in [0.25, 0.3) is 0 Å². The zero-order chi connectivity index (χ0) is 12.0. The van der Waals surface area contributed by atoms with Gasteiger partial charge in [0, 0.05) is 23.3 Å². The van der Waals surface area contributed by atoms with Crippen LogP contribution in [0.4, 0.5) is 0 Å². The van der Waals surface area contributed by atoms with Crippen molar-refractivity contribution in [2.75, 3.05) is 12.4 Å². The number of hydrogen-bond acceptors (Lipinski definition) is 3. The molecule has 0 radical (unpaired) electrons. The maximum atomic E-state index is 9.00. The van der Waals surface area contributed by atoms with Crippen LogP contribution in [-0.2, 0) is 0 Å². The predicted octanol–water partition coefficient (Wildman–Crippen LogP) is 2.82. The maximum Gasteiger partial charge on any atom is 0.0464 e. The van der Waals surface area contributed by atoms with E-state index >= 15 is 0 Å². The second-order valence-corrected chi connectivity index (χ2v) is 5.21. The van der Waals surface area contributed by atoms with Crippen molar-refractivity contribution in [3.63, 3.8) is 0 Å². The zero-order valence-corrected chi connectivity index (χ0v) is 10.8. The fourth-order valence-electron chi connectivity index (χ4n) is 1.42. The summed E-state index contributed by atoms with van der Waals surface area (Å²) in [6, 6.07) is 8.40. The molecule has 0 aliphatic carbocycles. The Morgan fingerprint density at radius 2 is 2.06 bits per heavy atom. The van der Waals surface area contributed by atoms with Gasteiger partial charge in [-0.2, -0.15) is 0 Å². The van der Waals surface area contributed by atoms with Gasteiger partial charge in [0.05, 0.1) is 0 Å².